The first-order chi connectivity index (χ1) is 9.32. The Morgan fingerprint density at radius 3 is 2.50 bits per heavy atom. The fourth-order valence-corrected chi connectivity index (χ4v) is 4.31. The molecule has 1 aliphatic rings. The molecule has 1 saturated heterocycles. The van der Waals surface area contributed by atoms with Crippen LogP contribution in [-0.2, 0) is 14.8 Å². The molecule has 0 saturated carbocycles. The standard InChI is InChI=1S/C11H13BrClN3O3S/c1-8(17)15-2-4-16(5-3-15)20(18,19)10-6-9(12)7-14-11(10)13/h6-7H,2-5H2,1H3. The largest absolute Gasteiger partial charge is 0.340 e. The van der Waals surface area contributed by atoms with Crippen molar-refractivity contribution in [1.82, 2.24) is 14.2 Å². The number of hydrogen-bond donors (Lipinski definition) is 0. The molecule has 0 atom stereocenters. The van der Waals surface area contributed by atoms with E-state index in [1.807, 2.05) is 0 Å². The monoisotopic (exact) mass is 381 g/mol. The summed E-state index contributed by atoms with van der Waals surface area (Å²) in [7, 11) is -3.69. The molecule has 0 spiro atoms. The first-order valence-electron chi connectivity index (χ1n) is 5.89. The average molecular weight is 383 g/mol. The minimum Gasteiger partial charge on any atom is -0.340 e. The van der Waals surface area contributed by atoms with Gasteiger partial charge in [-0.2, -0.15) is 4.31 Å². The van der Waals surface area contributed by atoms with Crippen LogP contribution >= 0.6 is 27.5 Å². The molecule has 0 radical (unpaired) electrons. The summed E-state index contributed by atoms with van der Waals surface area (Å²) in [6, 6.07) is 1.43. The summed E-state index contributed by atoms with van der Waals surface area (Å²) in [5.74, 6) is -0.0517. The second-order valence-electron chi connectivity index (χ2n) is 4.35. The summed E-state index contributed by atoms with van der Waals surface area (Å²) >= 11 is 9.06. The maximum Gasteiger partial charge on any atom is 0.246 e. The fraction of sp³-hybridized carbons (Fsp3) is 0.455. The van der Waals surface area contributed by atoms with Crippen LogP contribution in [0, 0.1) is 0 Å². The van der Waals surface area contributed by atoms with Gasteiger partial charge in [-0.15, -0.1) is 0 Å². The molecule has 0 bridgehead atoms. The van der Waals surface area contributed by atoms with Crippen LogP contribution in [0.2, 0.25) is 5.15 Å². The Hall–Kier alpha value is -0.700. The van der Waals surface area contributed by atoms with E-state index < -0.39 is 10.0 Å². The van der Waals surface area contributed by atoms with Crippen molar-refractivity contribution < 1.29 is 13.2 Å². The molecule has 0 N–H and O–H groups in total. The Bertz CT molecular complexity index is 630. The molecular weight excluding hydrogens is 370 g/mol. The first-order valence-corrected chi connectivity index (χ1v) is 8.50. The molecule has 1 fully saturated rings. The lowest BCUT2D eigenvalue weighted by atomic mass is 10.3. The third kappa shape index (κ3) is 3.13. The van der Waals surface area contributed by atoms with Gasteiger partial charge in [-0.05, 0) is 22.0 Å². The van der Waals surface area contributed by atoms with Gasteiger partial charge in [-0.1, -0.05) is 11.6 Å². The van der Waals surface area contributed by atoms with Crippen molar-refractivity contribution >= 4 is 43.5 Å². The molecule has 9 heteroatoms. The number of halogens is 2. The van der Waals surface area contributed by atoms with Gasteiger partial charge in [0, 0.05) is 43.8 Å². The van der Waals surface area contributed by atoms with Gasteiger partial charge < -0.3 is 4.90 Å². The van der Waals surface area contributed by atoms with Gasteiger partial charge in [0.15, 0.2) is 0 Å². The molecule has 1 aromatic heterocycles. The van der Waals surface area contributed by atoms with Crippen molar-refractivity contribution in [2.75, 3.05) is 26.2 Å². The molecule has 20 heavy (non-hydrogen) atoms. The highest BCUT2D eigenvalue weighted by Crippen LogP contribution is 2.26. The normalized spacial score (nSPS) is 17.2. The van der Waals surface area contributed by atoms with E-state index in [1.54, 1.807) is 4.90 Å². The molecule has 1 amide bonds. The van der Waals surface area contributed by atoms with Crippen LogP contribution in [0.4, 0.5) is 0 Å². The lowest BCUT2D eigenvalue weighted by Gasteiger charge is -2.33. The summed E-state index contributed by atoms with van der Waals surface area (Å²) in [5.41, 5.74) is 0. The SMILES string of the molecule is CC(=O)N1CCN(S(=O)(=O)c2cc(Br)cnc2Cl)CC1. The van der Waals surface area contributed by atoms with Crippen molar-refractivity contribution in [3.05, 3.63) is 21.9 Å². The molecule has 0 aliphatic carbocycles. The molecule has 6 nitrogen and oxygen atoms in total. The number of hydrogen-bond acceptors (Lipinski definition) is 4. The van der Waals surface area contributed by atoms with Gasteiger partial charge in [-0.25, -0.2) is 13.4 Å². The van der Waals surface area contributed by atoms with Crippen LogP contribution in [0.25, 0.3) is 0 Å². The smallest absolute Gasteiger partial charge is 0.246 e. The van der Waals surface area contributed by atoms with Crippen LogP contribution in [0.15, 0.2) is 21.6 Å². The summed E-state index contributed by atoms with van der Waals surface area (Å²) in [5, 5.41) is -0.0535. The second-order valence-corrected chi connectivity index (χ2v) is 7.53. The van der Waals surface area contributed by atoms with Crippen LogP contribution < -0.4 is 0 Å². The average Bonchev–Trinajstić information content (AvgIpc) is 2.41. The molecule has 0 aromatic carbocycles. The van der Waals surface area contributed by atoms with Crippen molar-refractivity contribution in [3.63, 3.8) is 0 Å². The summed E-state index contributed by atoms with van der Waals surface area (Å²) in [6.07, 6.45) is 1.44. The van der Waals surface area contributed by atoms with Crippen LogP contribution in [0.5, 0.6) is 0 Å². The molecule has 1 aliphatic heterocycles. The van der Waals surface area contributed by atoms with Crippen molar-refractivity contribution in [2.45, 2.75) is 11.8 Å². The minimum atomic E-state index is -3.69. The van der Waals surface area contributed by atoms with E-state index >= 15 is 0 Å². The zero-order chi connectivity index (χ0) is 14.9. The number of amides is 1. The summed E-state index contributed by atoms with van der Waals surface area (Å²) in [4.78, 5) is 16.7. The predicted molar refractivity (Wildman–Crippen MR) is 78.0 cm³/mol. The van der Waals surface area contributed by atoms with E-state index in [1.165, 1.54) is 23.5 Å². The van der Waals surface area contributed by atoms with Crippen molar-refractivity contribution in [3.8, 4) is 0 Å². The van der Waals surface area contributed by atoms with E-state index in [0.29, 0.717) is 17.6 Å². The molecule has 2 heterocycles. The van der Waals surface area contributed by atoms with Gasteiger partial charge >= 0.3 is 0 Å². The van der Waals surface area contributed by atoms with Gasteiger partial charge in [0.1, 0.15) is 10.0 Å². The molecular formula is C11H13BrClN3O3S. The zero-order valence-electron chi connectivity index (χ0n) is 10.7. The number of piperazine rings is 1. The van der Waals surface area contributed by atoms with Crippen LogP contribution in [-0.4, -0.2) is 54.7 Å². The van der Waals surface area contributed by atoms with Crippen molar-refractivity contribution in [2.24, 2.45) is 0 Å². The number of pyridine rings is 1. The predicted octanol–water partition coefficient (Wildman–Crippen LogP) is 1.35. The maximum absolute atomic E-state index is 12.5. The molecule has 0 unspecified atom stereocenters. The molecule has 2 rings (SSSR count). The molecule has 1 aromatic rings. The zero-order valence-corrected chi connectivity index (χ0v) is 13.9. The van der Waals surface area contributed by atoms with Crippen molar-refractivity contribution in [1.29, 1.82) is 0 Å². The summed E-state index contributed by atoms with van der Waals surface area (Å²) in [6.45, 7) is 2.75. The van der Waals surface area contributed by atoms with Gasteiger partial charge in [-0.3, -0.25) is 4.79 Å². The highest BCUT2D eigenvalue weighted by atomic mass is 79.9. The van der Waals surface area contributed by atoms with E-state index in [2.05, 4.69) is 20.9 Å². The Kier molecular flexibility index (Phi) is 4.68. The first kappa shape index (κ1) is 15.7. The van der Waals surface area contributed by atoms with E-state index in [-0.39, 0.29) is 29.0 Å². The van der Waals surface area contributed by atoms with E-state index in [9.17, 15) is 13.2 Å². The third-order valence-corrected chi connectivity index (χ3v) is 5.83. The molecule has 110 valence electrons. The van der Waals surface area contributed by atoms with E-state index in [0.717, 1.165) is 0 Å². The lowest BCUT2D eigenvalue weighted by Crippen LogP contribution is -2.50. The highest BCUT2D eigenvalue weighted by Gasteiger charge is 2.31. The van der Waals surface area contributed by atoms with Crippen LogP contribution in [0.3, 0.4) is 0 Å². The van der Waals surface area contributed by atoms with Gasteiger partial charge in [0.2, 0.25) is 15.9 Å². The number of carbonyl (C=O) groups excluding carboxylic acids is 1. The number of rotatable bonds is 2. The highest BCUT2D eigenvalue weighted by molar-refractivity contribution is 9.10. The Morgan fingerprint density at radius 1 is 1.35 bits per heavy atom. The third-order valence-electron chi connectivity index (χ3n) is 3.08. The number of aromatic nitrogens is 1. The lowest BCUT2D eigenvalue weighted by molar-refractivity contribution is -0.129. The van der Waals surface area contributed by atoms with Gasteiger partial charge in [0.05, 0.1) is 0 Å². The van der Waals surface area contributed by atoms with E-state index in [4.69, 9.17) is 11.6 Å². The number of sulfonamides is 1. The minimum absolute atomic E-state index is 0.0233. The quantitative estimate of drug-likeness (QED) is 0.724. The maximum atomic E-state index is 12.5. The van der Waals surface area contributed by atoms with Gasteiger partial charge in [0.25, 0.3) is 0 Å². The number of nitrogens with zero attached hydrogens (tertiary/aromatic N) is 3. The fourth-order valence-electron chi connectivity index (χ4n) is 1.97. The topological polar surface area (TPSA) is 70.6 Å². The second kappa shape index (κ2) is 5.97. The number of carbonyl (C=O) groups is 1. The summed E-state index contributed by atoms with van der Waals surface area (Å²) < 4.78 is 26.9. The Labute approximate surface area is 130 Å². The van der Waals surface area contributed by atoms with Crippen LogP contribution in [0.1, 0.15) is 6.92 Å². The Balaban J connectivity index is 2.24. The Morgan fingerprint density at radius 2 is 1.95 bits per heavy atom.